The number of anilines is 1. The van der Waals surface area contributed by atoms with E-state index in [1.165, 1.54) is 12.1 Å². The molecular weight excluding hydrogens is 435 g/mol. The van der Waals surface area contributed by atoms with Gasteiger partial charge in [-0.2, -0.15) is 13.2 Å². The highest BCUT2D eigenvalue weighted by molar-refractivity contribution is 5.94. The predicted octanol–water partition coefficient (Wildman–Crippen LogP) is 3.78. The van der Waals surface area contributed by atoms with Gasteiger partial charge in [-0.25, -0.2) is 9.99 Å². The van der Waals surface area contributed by atoms with Crippen LogP contribution in [0.4, 0.5) is 19.0 Å². The third-order valence-electron chi connectivity index (χ3n) is 5.36. The first-order valence-corrected chi connectivity index (χ1v) is 10.2. The number of aliphatic hydroxyl groups excluding tert-OH is 1. The maximum atomic E-state index is 13.0. The fraction of sp³-hybridized carbons (Fsp3) is 0.304. The van der Waals surface area contributed by atoms with Crippen LogP contribution in [0.1, 0.15) is 33.2 Å². The Morgan fingerprint density at radius 2 is 1.94 bits per heavy atom. The average Bonchev–Trinajstić information content (AvgIpc) is 3.27. The van der Waals surface area contributed by atoms with Gasteiger partial charge in [0.15, 0.2) is 0 Å². The molecule has 0 unspecified atom stereocenters. The van der Waals surface area contributed by atoms with Crippen LogP contribution in [-0.2, 0) is 6.18 Å². The Kier molecular flexibility index (Phi) is 7.09. The monoisotopic (exact) mass is 461 g/mol. The number of amides is 1. The van der Waals surface area contributed by atoms with Gasteiger partial charge in [0.05, 0.1) is 18.2 Å². The van der Waals surface area contributed by atoms with Crippen LogP contribution in [0.25, 0.3) is 11.1 Å². The molecule has 0 bridgehead atoms. The van der Waals surface area contributed by atoms with E-state index in [1.807, 2.05) is 44.2 Å². The molecule has 2 heterocycles. The summed E-state index contributed by atoms with van der Waals surface area (Å²) in [6.07, 6.45) is -1.10. The van der Waals surface area contributed by atoms with Gasteiger partial charge >= 0.3 is 6.18 Å². The molecule has 0 aliphatic rings. The minimum atomic E-state index is -4.52. The van der Waals surface area contributed by atoms with E-state index in [2.05, 4.69) is 15.3 Å². The van der Waals surface area contributed by atoms with E-state index in [4.69, 9.17) is 0 Å². The molecule has 0 saturated heterocycles. The number of pyridine rings is 1. The molecule has 176 valence electrons. The van der Waals surface area contributed by atoms with Gasteiger partial charge in [0.1, 0.15) is 11.5 Å². The Morgan fingerprint density at radius 1 is 1.21 bits per heavy atom. The summed E-state index contributed by atoms with van der Waals surface area (Å²) in [4.78, 5) is 20.1. The Balaban J connectivity index is 1.82. The van der Waals surface area contributed by atoms with E-state index in [-0.39, 0.29) is 11.3 Å². The fourth-order valence-electron chi connectivity index (χ4n) is 3.29. The molecule has 33 heavy (non-hydrogen) atoms. The van der Waals surface area contributed by atoms with Gasteiger partial charge in [0.25, 0.3) is 5.91 Å². The second-order valence-electron chi connectivity index (χ2n) is 7.86. The van der Waals surface area contributed by atoms with Gasteiger partial charge in [-0.15, -0.1) is 0 Å². The van der Waals surface area contributed by atoms with Crippen LogP contribution in [-0.4, -0.2) is 53.7 Å². The third-order valence-corrected chi connectivity index (χ3v) is 5.36. The van der Waals surface area contributed by atoms with Crippen molar-refractivity contribution in [2.24, 2.45) is 0 Å². The van der Waals surface area contributed by atoms with Crippen LogP contribution >= 0.6 is 0 Å². The SMILES string of the molecule is Cc1cnc(N(C)N(C)C)cc1-c1c[nH]c(C(=O)N[C@H](CO)c2cccc(C(F)(F)F)c2)c1. The van der Waals surface area contributed by atoms with Crippen molar-refractivity contribution in [2.75, 3.05) is 32.8 Å². The normalized spacial score (nSPS) is 12.6. The second kappa shape index (κ2) is 9.63. The Morgan fingerprint density at radius 3 is 2.58 bits per heavy atom. The number of aryl methyl sites for hydroxylation is 1. The number of aromatic amines is 1. The van der Waals surface area contributed by atoms with E-state index >= 15 is 0 Å². The molecule has 1 aromatic carbocycles. The molecule has 0 aliphatic carbocycles. The topological polar surface area (TPSA) is 84.5 Å². The van der Waals surface area contributed by atoms with Gasteiger partial charge in [-0.1, -0.05) is 12.1 Å². The number of aromatic nitrogens is 2. The summed E-state index contributed by atoms with van der Waals surface area (Å²) in [5.74, 6) is 0.174. The predicted molar refractivity (Wildman–Crippen MR) is 120 cm³/mol. The summed E-state index contributed by atoms with van der Waals surface area (Å²) < 4.78 is 39.1. The first-order chi connectivity index (χ1) is 15.5. The van der Waals surface area contributed by atoms with Gasteiger partial charge < -0.3 is 15.4 Å². The molecule has 3 rings (SSSR count). The lowest BCUT2D eigenvalue weighted by Gasteiger charge is -2.25. The first kappa shape index (κ1) is 24.3. The van der Waals surface area contributed by atoms with Crippen LogP contribution in [0.5, 0.6) is 0 Å². The molecule has 7 nitrogen and oxygen atoms in total. The summed E-state index contributed by atoms with van der Waals surface area (Å²) in [5.41, 5.74) is 2.08. The molecule has 0 radical (unpaired) electrons. The molecule has 0 aliphatic heterocycles. The molecule has 1 atom stereocenters. The number of aliphatic hydroxyl groups is 1. The van der Waals surface area contributed by atoms with Gasteiger partial charge in [0, 0.05) is 39.1 Å². The van der Waals surface area contributed by atoms with Gasteiger partial charge in [-0.05, 0) is 47.9 Å². The zero-order valence-electron chi connectivity index (χ0n) is 18.7. The Bertz CT molecular complexity index is 1130. The van der Waals surface area contributed by atoms with Crippen LogP contribution in [0.2, 0.25) is 0 Å². The number of halogens is 3. The minimum Gasteiger partial charge on any atom is -0.394 e. The Hall–Kier alpha value is -3.37. The highest BCUT2D eigenvalue weighted by Crippen LogP contribution is 2.31. The average molecular weight is 461 g/mol. The van der Waals surface area contributed by atoms with Crippen molar-refractivity contribution >= 4 is 11.7 Å². The van der Waals surface area contributed by atoms with Crippen LogP contribution in [0.15, 0.2) is 48.8 Å². The van der Waals surface area contributed by atoms with E-state index in [0.29, 0.717) is 0 Å². The zero-order chi connectivity index (χ0) is 24.3. The second-order valence-corrected chi connectivity index (χ2v) is 7.86. The number of carbonyl (C=O) groups is 1. The number of benzene rings is 1. The lowest BCUT2D eigenvalue weighted by atomic mass is 10.0. The highest BCUT2D eigenvalue weighted by atomic mass is 19.4. The lowest BCUT2D eigenvalue weighted by molar-refractivity contribution is -0.137. The molecular formula is C23H26F3N5O2. The smallest absolute Gasteiger partial charge is 0.394 e. The summed E-state index contributed by atoms with van der Waals surface area (Å²) in [7, 11) is 5.66. The molecule has 0 fully saturated rings. The number of H-pyrrole nitrogens is 1. The van der Waals surface area contributed by atoms with Crippen molar-refractivity contribution in [3.05, 3.63) is 71.2 Å². The third kappa shape index (κ3) is 5.52. The van der Waals surface area contributed by atoms with Crippen LogP contribution < -0.4 is 10.3 Å². The van der Waals surface area contributed by atoms with Crippen molar-refractivity contribution in [3.8, 4) is 11.1 Å². The number of nitrogens with one attached hydrogen (secondary N) is 2. The van der Waals surface area contributed by atoms with E-state index in [1.54, 1.807) is 18.5 Å². The lowest BCUT2D eigenvalue weighted by Crippen LogP contribution is -2.33. The molecule has 10 heteroatoms. The number of nitrogens with zero attached hydrogens (tertiary/aromatic N) is 3. The summed E-state index contributed by atoms with van der Waals surface area (Å²) in [6, 6.07) is 7.10. The van der Waals surface area contributed by atoms with E-state index in [0.717, 1.165) is 34.6 Å². The van der Waals surface area contributed by atoms with Crippen molar-refractivity contribution in [1.29, 1.82) is 0 Å². The molecule has 3 aromatic rings. The van der Waals surface area contributed by atoms with E-state index in [9.17, 15) is 23.1 Å². The van der Waals surface area contributed by atoms with Gasteiger partial charge in [-0.3, -0.25) is 9.80 Å². The van der Waals surface area contributed by atoms with Crippen molar-refractivity contribution in [3.63, 3.8) is 0 Å². The fourth-order valence-corrected chi connectivity index (χ4v) is 3.29. The zero-order valence-corrected chi connectivity index (χ0v) is 18.7. The number of hydrazine groups is 1. The number of rotatable bonds is 7. The minimum absolute atomic E-state index is 0.161. The molecule has 3 N–H and O–H groups in total. The quantitative estimate of drug-likeness (QED) is 0.467. The highest BCUT2D eigenvalue weighted by Gasteiger charge is 2.31. The molecule has 1 amide bonds. The summed E-state index contributed by atoms with van der Waals surface area (Å²) in [5, 5.41) is 16.0. The molecule has 0 spiro atoms. The number of hydrogen-bond donors (Lipinski definition) is 3. The summed E-state index contributed by atoms with van der Waals surface area (Å²) in [6.45, 7) is 1.36. The van der Waals surface area contributed by atoms with Crippen molar-refractivity contribution in [2.45, 2.75) is 19.1 Å². The number of hydrogen-bond acceptors (Lipinski definition) is 5. The van der Waals surface area contributed by atoms with E-state index < -0.39 is 30.3 Å². The summed E-state index contributed by atoms with van der Waals surface area (Å²) >= 11 is 0. The molecule has 0 saturated carbocycles. The van der Waals surface area contributed by atoms with Crippen molar-refractivity contribution in [1.82, 2.24) is 20.3 Å². The largest absolute Gasteiger partial charge is 0.416 e. The number of carbonyl (C=O) groups excluding carboxylic acids is 1. The number of alkyl halides is 3. The van der Waals surface area contributed by atoms with Gasteiger partial charge in [0.2, 0.25) is 0 Å². The molecule has 2 aromatic heterocycles. The van der Waals surface area contributed by atoms with Crippen molar-refractivity contribution < 1.29 is 23.1 Å². The standard InChI is InChI=1S/C23H26F3N5O2/c1-14-11-28-21(31(4)30(2)3)10-18(14)16-9-19(27-12-16)22(33)29-20(13-32)15-6-5-7-17(8-15)23(24,25)26/h5-12,20,27,32H,13H2,1-4H3,(H,29,33)/t20-/m1/s1. The maximum Gasteiger partial charge on any atom is 0.416 e. The Labute approximate surface area is 189 Å². The van der Waals surface area contributed by atoms with Crippen LogP contribution in [0, 0.1) is 6.92 Å². The first-order valence-electron chi connectivity index (χ1n) is 10.2. The maximum absolute atomic E-state index is 13.0. The van der Waals surface area contributed by atoms with Crippen LogP contribution in [0.3, 0.4) is 0 Å².